The molecule has 6 heteroatoms. The van der Waals surface area contributed by atoms with Gasteiger partial charge in [-0.25, -0.2) is 4.79 Å². The van der Waals surface area contributed by atoms with Gasteiger partial charge in [0.2, 0.25) is 0 Å². The Morgan fingerprint density at radius 1 is 1.24 bits per heavy atom. The van der Waals surface area contributed by atoms with E-state index in [1.165, 1.54) is 0 Å². The van der Waals surface area contributed by atoms with Crippen molar-refractivity contribution in [3.63, 3.8) is 0 Å². The number of rotatable bonds is 7. The van der Waals surface area contributed by atoms with Gasteiger partial charge in [-0.05, 0) is 30.9 Å². The highest BCUT2D eigenvalue weighted by atomic mass is 35.5. The van der Waals surface area contributed by atoms with Crippen LogP contribution in [0, 0.1) is 0 Å². The third-order valence-corrected chi connectivity index (χ3v) is 4.07. The van der Waals surface area contributed by atoms with Crippen LogP contribution in [-0.4, -0.2) is 30.2 Å². The van der Waals surface area contributed by atoms with Crippen molar-refractivity contribution in [3.8, 4) is 0 Å². The fraction of sp³-hybridized carbons (Fsp3) is 0.467. The standard InChI is InChI=1S/C15H19ClN2O3/c16-12-5-2-1-4-11(12)15(7-8-15)10-18-14(21)17-9-3-6-13(19)20/h1-2,4-5H,3,6-10H2,(H,19,20)(H2,17,18,21). The van der Waals surface area contributed by atoms with E-state index in [1.54, 1.807) is 0 Å². The highest BCUT2D eigenvalue weighted by Gasteiger charge is 2.45. The van der Waals surface area contributed by atoms with Gasteiger partial charge in [-0.1, -0.05) is 29.8 Å². The molecule has 0 heterocycles. The Labute approximate surface area is 128 Å². The number of hydrogen-bond acceptors (Lipinski definition) is 2. The van der Waals surface area contributed by atoms with E-state index in [0.717, 1.165) is 23.4 Å². The Hall–Kier alpha value is -1.75. The largest absolute Gasteiger partial charge is 0.481 e. The average molecular weight is 311 g/mol. The molecule has 0 radical (unpaired) electrons. The lowest BCUT2D eigenvalue weighted by Gasteiger charge is -2.18. The quantitative estimate of drug-likeness (QED) is 0.677. The molecule has 1 aromatic carbocycles. The van der Waals surface area contributed by atoms with Gasteiger partial charge in [0, 0.05) is 29.9 Å². The van der Waals surface area contributed by atoms with Gasteiger partial charge in [0.15, 0.2) is 0 Å². The Bertz CT molecular complexity index is 529. The SMILES string of the molecule is O=C(O)CCCNC(=O)NCC1(c2ccccc2Cl)CC1. The molecule has 0 atom stereocenters. The van der Waals surface area contributed by atoms with E-state index < -0.39 is 5.97 Å². The van der Waals surface area contributed by atoms with Gasteiger partial charge in [-0.2, -0.15) is 0 Å². The summed E-state index contributed by atoms with van der Waals surface area (Å²) < 4.78 is 0. The fourth-order valence-electron chi connectivity index (χ4n) is 2.34. The van der Waals surface area contributed by atoms with Gasteiger partial charge in [0.05, 0.1) is 0 Å². The molecule has 21 heavy (non-hydrogen) atoms. The molecule has 0 aliphatic heterocycles. The van der Waals surface area contributed by atoms with Crippen LogP contribution in [0.1, 0.15) is 31.2 Å². The molecule has 1 fully saturated rings. The van der Waals surface area contributed by atoms with Crippen molar-refractivity contribution in [1.82, 2.24) is 10.6 Å². The average Bonchev–Trinajstić information content (AvgIpc) is 3.23. The third kappa shape index (κ3) is 4.36. The first-order valence-electron chi connectivity index (χ1n) is 7.02. The minimum atomic E-state index is -0.854. The molecule has 0 unspecified atom stereocenters. The number of halogens is 1. The van der Waals surface area contributed by atoms with Gasteiger partial charge in [0.25, 0.3) is 0 Å². The summed E-state index contributed by atoms with van der Waals surface area (Å²) >= 11 is 6.21. The number of benzene rings is 1. The number of nitrogens with one attached hydrogen (secondary N) is 2. The molecule has 0 saturated heterocycles. The highest BCUT2D eigenvalue weighted by Crippen LogP contribution is 2.49. The Morgan fingerprint density at radius 3 is 2.57 bits per heavy atom. The maximum absolute atomic E-state index is 11.7. The van der Waals surface area contributed by atoms with Crippen molar-refractivity contribution in [2.75, 3.05) is 13.1 Å². The number of hydrogen-bond donors (Lipinski definition) is 3. The molecule has 1 saturated carbocycles. The van der Waals surface area contributed by atoms with E-state index in [-0.39, 0.29) is 17.9 Å². The number of aliphatic carboxylic acids is 1. The van der Waals surface area contributed by atoms with Crippen LogP contribution in [0.2, 0.25) is 5.02 Å². The lowest BCUT2D eigenvalue weighted by atomic mass is 9.96. The number of carboxylic acids is 1. The fourth-order valence-corrected chi connectivity index (χ4v) is 2.67. The molecule has 2 rings (SSSR count). The summed E-state index contributed by atoms with van der Waals surface area (Å²) in [5, 5.41) is 14.7. The second-order valence-corrected chi connectivity index (χ2v) is 5.77. The zero-order valence-electron chi connectivity index (χ0n) is 11.7. The zero-order valence-corrected chi connectivity index (χ0v) is 12.4. The second-order valence-electron chi connectivity index (χ2n) is 5.37. The summed E-state index contributed by atoms with van der Waals surface area (Å²) in [6, 6.07) is 7.45. The zero-order chi connectivity index (χ0) is 15.3. The Balaban J connectivity index is 1.76. The summed E-state index contributed by atoms with van der Waals surface area (Å²) in [4.78, 5) is 22.0. The van der Waals surface area contributed by atoms with Crippen molar-refractivity contribution < 1.29 is 14.7 Å². The Kier molecular flexibility index (Phi) is 5.07. The maximum atomic E-state index is 11.7. The maximum Gasteiger partial charge on any atom is 0.314 e. The van der Waals surface area contributed by atoms with Crippen LogP contribution in [0.5, 0.6) is 0 Å². The normalized spacial score (nSPS) is 15.3. The van der Waals surface area contributed by atoms with E-state index >= 15 is 0 Å². The monoisotopic (exact) mass is 310 g/mol. The minimum absolute atomic E-state index is 0.0449. The summed E-state index contributed by atoms with van der Waals surface area (Å²) in [6.45, 7) is 0.902. The van der Waals surface area contributed by atoms with Crippen LogP contribution in [0.3, 0.4) is 0 Å². The molecule has 2 amide bonds. The van der Waals surface area contributed by atoms with E-state index in [2.05, 4.69) is 10.6 Å². The Morgan fingerprint density at radius 2 is 1.95 bits per heavy atom. The highest BCUT2D eigenvalue weighted by molar-refractivity contribution is 6.31. The van der Waals surface area contributed by atoms with Crippen LogP contribution in [0.4, 0.5) is 4.79 Å². The lowest BCUT2D eigenvalue weighted by molar-refractivity contribution is -0.137. The van der Waals surface area contributed by atoms with Gasteiger partial charge < -0.3 is 15.7 Å². The van der Waals surface area contributed by atoms with Crippen molar-refractivity contribution in [2.24, 2.45) is 0 Å². The van der Waals surface area contributed by atoms with E-state index in [9.17, 15) is 9.59 Å². The molecular weight excluding hydrogens is 292 g/mol. The molecule has 5 nitrogen and oxygen atoms in total. The first-order chi connectivity index (χ1) is 10.0. The summed E-state index contributed by atoms with van der Waals surface area (Å²) in [5.41, 5.74) is 1.04. The predicted octanol–water partition coefficient (Wildman–Crippen LogP) is 2.54. The van der Waals surface area contributed by atoms with Gasteiger partial charge >= 0.3 is 12.0 Å². The summed E-state index contributed by atoms with van der Waals surface area (Å²) in [7, 11) is 0. The van der Waals surface area contributed by atoms with Crippen LogP contribution in [-0.2, 0) is 10.2 Å². The van der Waals surface area contributed by atoms with Gasteiger partial charge in [-0.3, -0.25) is 4.79 Å². The topological polar surface area (TPSA) is 78.4 Å². The second kappa shape index (κ2) is 6.80. The number of carbonyl (C=O) groups is 2. The lowest BCUT2D eigenvalue weighted by Crippen LogP contribution is -2.40. The molecule has 0 spiro atoms. The van der Waals surface area contributed by atoms with Crippen molar-refractivity contribution in [3.05, 3.63) is 34.9 Å². The van der Waals surface area contributed by atoms with Crippen LogP contribution < -0.4 is 10.6 Å². The number of urea groups is 1. The molecule has 3 N–H and O–H groups in total. The predicted molar refractivity (Wildman–Crippen MR) is 80.6 cm³/mol. The van der Waals surface area contributed by atoms with Crippen LogP contribution in [0.25, 0.3) is 0 Å². The van der Waals surface area contributed by atoms with Crippen molar-refractivity contribution in [2.45, 2.75) is 31.1 Å². The van der Waals surface area contributed by atoms with E-state index in [4.69, 9.17) is 16.7 Å². The van der Waals surface area contributed by atoms with Gasteiger partial charge in [-0.15, -0.1) is 0 Å². The van der Waals surface area contributed by atoms with Crippen LogP contribution >= 0.6 is 11.6 Å². The molecule has 0 bridgehead atoms. The van der Waals surface area contributed by atoms with Gasteiger partial charge in [0.1, 0.15) is 0 Å². The third-order valence-electron chi connectivity index (χ3n) is 3.74. The molecule has 1 aliphatic rings. The molecule has 0 aromatic heterocycles. The summed E-state index contributed by atoms with van der Waals surface area (Å²) in [6.07, 6.45) is 2.51. The van der Waals surface area contributed by atoms with E-state index in [0.29, 0.717) is 19.5 Å². The molecule has 1 aliphatic carbocycles. The first-order valence-corrected chi connectivity index (χ1v) is 7.40. The first kappa shape index (κ1) is 15.6. The minimum Gasteiger partial charge on any atom is -0.481 e. The molecule has 1 aromatic rings. The smallest absolute Gasteiger partial charge is 0.314 e. The van der Waals surface area contributed by atoms with Crippen molar-refractivity contribution in [1.29, 1.82) is 0 Å². The van der Waals surface area contributed by atoms with Crippen molar-refractivity contribution >= 4 is 23.6 Å². The molecule has 114 valence electrons. The van der Waals surface area contributed by atoms with E-state index in [1.807, 2.05) is 24.3 Å². The number of carboxylic acid groups (broad SMARTS) is 1. The summed E-state index contributed by atoms with van der Waals surface area (Å²) in [5.74, 6) is -0.854. The molecular formula is C15H19ClN2O3. The number of carbonyl (C=O) groups excluding carboxylic acids is 1. The van der Waals surface area contributed by atoms with Crippen LogP contribution in [0.15, 0.2) is 24.3 Å². The number of amides is 2.